The lowest BCUT2D eigenvalue weighted by Gasteiger charge is -2.22. The summed E-state index contributed by atoms with van der Waals surface area (Å²) < 4.78 is 9.88. The summed E-state index contributed by atoms with van der Waals surface area (Å²) >= 11 is 0. The Morgan fingerprint density at radius 2 is 1.79 bits per heavy atom. The van der Waals surface area contributed by atoms with Crippen LogP contribution < -0.4 is 4.90 Å². The molecule has 5 rings (SSSR count). The summed E-state index contributed by atoms with van der Waals surface area (Å²) in [5, 5.41) is 10.5. The quantitative estimate of drug-likeness (QED) is 0.395. The monoisotopic (exact) mass is 457 g/mol. The fourth-order valence-electron chi connectivity index (χ4n) is 4.42. The van der Waals surface area contributed by atoms with Gasteiger partial charge in [0.05, 0.1) is 41.1 Å². The molecule has 2 aromatic heterocycles. The maximum Gasteiger partial charge on any atom is 0.161 e. The van der Waals surface area contributed by atoms with E-state index in [1.807, 2.05) is 22.6 Å². The number of aryl methyl sites for hydroxylation is 1. The van der Waals surface area contributed by atoms with Crippen molar-refractivity contribution in [3.63, 3.8) is 0 Å². The van der Waals surface area contributed by atoms with Crippen molar-refractivity contribution < 1.29 is 9.53 Å². The molecule has 7 nitrogen and oxygen atoms in total. The molecule has 2 aromatic carbocycles. The minimum absolute atomic E-state index is 0.00630. The van der Waals surface area contributed by atoms with Gasteiger partial charge in [-0.2, -0.15) is 10.2 Å². The van der Waals surface area contributed by atoms with Gasteiger partial charge in [-0.05, 0) is 57.9 Å². The van der Waals surface area contributed by atoms with Crippen LogP contribution >= 0.6 is 0 Å². The third kappa shape index (κ3) is 4.12. The molecule has 1 aliphatic heterocycles. The smallest absolute Gasteiger partial charge is 0.161 e. The molecule has 7 heteroatoms. The van der Waals surface area contributed by atoms with Crippen LogP contribution in [0.25, 0.3) is 27.8 Å². The van der Waals surface area contributed by atoms with Crippen LogP contribution in [0.2, 0.25) is 0 Å². The molecule has 0 aliphatic carbocycles. The van der Waals surface area contributed by atoms with Gasteiger partial charge in [0.1, 0.15) is 5.60 Å². The first-order chi connectivity index (χ1) is 16.3. The number of anilines is 1. The van der Waals surface area contributed by atoms with Crippen molar-refractivity contribution in [2.24, 2.45) is 7.05 Å². The number of carbonyl (C=O) groups is 1. The Morgan fingerprint density at radius 1 is 1.06 bits per heavy atom. The van der Waals surface area contributed by atoms with Crippen LogP contribution in [-0.4, -0.2) is 44.0 Å². The largest absolute Gasteiger partial charge is 0.370 e. The number of benzene rings is 2. The van der Waals surface area contributed by atoms with E-state index in [2.05, 4.69) is 58.5 Å². The summed E-state index contributed by atoms with van der Waals surface area (Å²) in [6.07, 6.45) is 4.29. The van der Waals surface area contributed by atoms with Crippen LogP contribution in [0.15, 0.2) is 54.7 Å². The number of ether oxygens (including phenoxy) is 1. The van der Waals surface area contributed by atoms with Crippen LogP contribution in [0.5, 0.6) is 0 Å². The molecule has 1 aliphatic rings. The molecular weight excluding hydrogens is 426 g/mol. The van der Waals surface area contributed by atoms with E-state index in [4.69, 9.17) is 9.84 Å². The molecule has 0 N–H and O–H groups in total. The van der Waals surface area contributed by atoms with E-state index in [-0.39, 0.29) is 12.4 Å². The molecule has 176 valence electrons. The van der Waals surface area contributed by atoms with Gasteiger partial charge >= 0.3 is 0 Å². The third-order valence-corrected chi connectivity index (χ3v) is 6.79. The molecule has 0 radical (unpaired) electrons. The van der Waals surface area contributed by atoms with Crippen LogP contribution in [0.3, 0.4) is 0 Å². The highest BCUT2D eigenvalue weighted by atomic mass is 16.5. The molecule has 0 bridgehead atoms. The van der Waals surface area contributed by atoms with Crippen molar-refractivity contribution >= 4 is 22.4 Å². The Balaban J connectivity index is 1.62. The van der Waals surface area contributed by atoms with Crippen molar-refractivity contribution in [1.82, 2.24) is 19.6 Å². The number of rotatable bonds is 7. The van der Waals surface area contributed by atoms with Gasteiger partial charge in [-0.25, -0.2) is 4.68 Å². The van der Waals surface area contributed by atoms with Crippen molar-refractivity contribution in [3.05, 3.63) is 60.4 Å². The van der Waals surface area contributed by atoms with Crippen LogP contribution in [0.4, 0.5) is 5.69 Å². The normalized spacial score (nSPS) is 14.3. The summed E-state index contributed by atoms with van der Waals surface area (Å²) in [6, 6.07) is 16.9. The number of hydrogen-bond donors (Lipinski definition) is 0. The number of ketones is 1. The standard InChI is InChI=1S/C27H31N5O2/c1-19(33)27(2,3)34-18-22-16-26(20-11-12-21-17-28-30(4)25(21)15-20)32(29-22)24-10-6-5-9-23(24)31-13-7-8-14-31/h5-6,9-12,15-17H,7-8,13-14,18H2,1-4H3. The van der Waals surface area contributed by atoms with Crippen molar-refractivity contribution in [1.29, 1.82) is 0 Å². The number of aromatic nitrogens is 4. The van der Waals surface area contributed by atoms with Gasteiger partial charge in [0.15, 0.2) is 5.78 Å². The van der Waals surface area contributed by atoms with Crippen LogP contribution in [0.1, 0.15) is 39.3 Å². The third-order valence-electron chi connectivity index (χ3n) is 6.79. The number of carbonyl (C=O) groups excluding carboxylic acids is 1. The van der Waals surface area contributed by atoms with Gasteiger partial charge in [-0.3, -0.25) is 9.48 Å². The summed E-state index contributed by atoms with van der Waals surface area (Å²) in [5.41, 5.74) is 5.25. The maximum atomic E-state index is 12.0. The topological polar surface area (TPSA) is 65.2 Å². The van der Waals surface area contributed by atoms with Gasteiger partial charge in [-0.15, -0.1) is 0 Å². The highest BCUT2D eigenvalue weighted by molar-refractivity contribution is 5.85. The van der Waals surface area contributed by atoms with Gasteiger partial charge in [-0.1, -0.05) is 24.3 Å². The lowest BCUT2D eigenvalue weighted by atomic mass is 10.1. The summed E-state index contributed by atoms with van der Waals surface area (Å²) in [6.45, 7) is 7.51. The van der Waals surface area contributed by atoms with E-state index >= 15 is 0 Å². The Hall–Kier alpha value is -3.45. The number of fused-ring (bicyclic) bond motifs is 1. The van der Waals surface area contributed by atoms with Gasteiger partial charge in [0, 0.05) is 31.1 Å². The number of nitrogens with zero attached hydrogens (tertiary/aromatic N) is 5. The fourth-order valence-corrected chi connectivity index (χ4v) is 4.42. The zero-order valence-corrected chi connectivity index (χ0v) is 20.3. The minimum atomic E-state index is -0.856. The molecular formula is C27H31N5O2. The fraction of sp³-hybridized carbons (Fsp3) is 0.370. The van der Waals surface area contributed by atoms with E-state index in [0.717, 1.165) is 46.6 Å². The minimum Gasteiger partial charge on any atom is -0.370 e. The SMILES string of the molecule is CC(=O)C(C)(C)OCc1cc(-c2ccc3cnn(C)c3c2)n(-c2ccccc2N2CCCC2)n1. The molecule has 0 spiro atoms. The number of Topliss-reactive ketones (excluding diaryl/α,β-unsaturated/α-hetero) is 1. The van der Waals surface area contributed by atoms with Gasteiger partial charge in [0.2, 0.25) is 0 Å². The first-order valence-corrected chi connectivity index (χ1v) is 11.8. The van der Waals surface area contributed by atoms with Crippen molar-refractivity contribution in [2.45, 2.75) is 45.8 Å². The molecule has 3 heterocycles. The number of para-hydroxylation sites is 2. The molecule has 0 saturated carbocycles. The molecule has 4 aromatic rings. The average Bonchev–Trinajstić information content (AvgIpc) is 3.58. The van der Waals surface area contributed by atoms with E-state index in [1.54, 1.807) is 20.8 Å². The Morgan fingerprint density at radius 3 is 2.53 bits per heavy atom. The molecule has 34 heavy (non-hydrogen) atoms. The first kappa shape index (κ1) is 22.3. The predicted octanol–water partition coefficient (Wildman–Crippen LogP) is 4.91. The lowest BCUT2D eigenvalue weighted by Crippen LogP contribution is -2.32. The highest BCUT2D eigenvalue weighted by Crippen LogP contribution is 2.33. The predicted molar refractivity (Wildman–Crippen MR) is 134 cm³/mol. The van der Waals surface area contributed by atoms with E-state index in [1.165, 1.54) is 18.5 Å². The molecule has 1 saturated heterocycles. The van der Waals surface area contributed by atoms with Crippen LogP contribution in [-0.2, 0) is 23.2 Å². The maximum absolute atomic E-state index is 12.0. The van der Waals surface area contributed by atoms with E-state index in [0.29, 0.717) is 0 Å². The van der Waals surface area contributed by atoms with E-state index in [9.17, 15) is 4.79 Å². The lowest BCUT2D eigenvalue weighted by molar-refractivity contribution is -0.139. The summed E-state index contributed by atoms with van der Waals surface area (Å²) in [7, 11) is 1.95. The second-order valence-corrected chi connectivity index (χ2v) is 9.51. The molecule has 1 fully saturated rings. The van der Waals surface area contributed by atoms with Gasteiger partial charge in [0.25, 0.3) is 0 Å². The van der Waals surface area contributed by atoms with Crippen molar-refractivity contribution in [2.75, 3.05) is 18.0 Å². The zero-order valence-electron chi connectivity index (χ0n) is 20.3. The van der Waals surface area contributed by atoms with Gasteiger partial charge < -0.3 is 9.64 Å². The Kier molecular flexibility index (Phi) is 5.73. The molecule has 0 unspecified atom stereocenters. The first-order valence-electron chi connectivity index (χ1n) is 11.8. The Bertz CT molecular complexity index is 1340. The highest BCUT2D eigenvalue weighted by Gasteiger charge is 2.26. The second kappa shape index (κ2) is 8.72. The summed E-state index contributed by atoms with van der Waals surface area (Å²) in [4.78, 5) is 14.4. The average molecular weight is 458 g/mol. The van der Waals surface area contributed by atoms with Crippen LogP contribution in [0, 0.1) is 0 Å². The molecule has 0 atom stereocenters. The Labute approximate surface area is 199 Å². The second-order valence-electron chi connectivity index (χ2n) is 9.51. The van der Waals surface area contributed by atoms with E-state index < -0.39 is 5.60 Å². The summed E-state index contributed by atoms with van der Waals surface area (Å²) in [5.74, 6) is -0.00630. The van der Waals surface area contributed by atoms with Crippen molar-refractivity contribution in [3.8, 4) is 16.9 Å². The molecule has 0 amide bonds. The number of hydrogen-bond acceptors (Lipinski definition) is 5. The zero-order chi connectivity index (χ0) is 23.9.